The van der Waals surface area contributed by atoms with Crippen molar-refractivity contribution in [3.8, 4) is 17.4 Å². The third kappa shape index (κ3) is 3.70. The Hall–Kier alpha value is -2.91. The summed E-state index contributed by atoms with van der Waals surface area (Å²) in [5, 5.41) is 0.466. The molecule has 0 radical (unpaired) electrons. The second-order valence-corrected chi connectivity index (χ2v) is 7.91. The lowest BCUT2D eigenvalue weighted by atomic mass is 10.1. The van der Waals surface area contributed by atoms with E-state index in [-0.39, 0.29) is 11.1 Å². The molecule has 4 rings (SSSR count). The molecule has 0 N–H and O–H groups in total. The van der Waals surface area contributed by atoms with Crippen molar-refractivity contribution in [2.24, 2.45) is 0 Å². The van der Waals surface area contributed by atoms with Crippen molar-refractivity contribution < 1.29 is 19.1 Å². The molecule has 1 fully saturated rings. The van der Waals surface area contributed by atoms with Crippen LogP contribution in [0, 0.1) is 0 Å². The molecule has 0 spiro atoms. The number of aromatic nitrogens is 2. The fourth-order valence-electron chi connectivity index (χ4n) is 2.75. The van der Waals surface area contributed by atoms with E-state index >= 15 is 0 Å². The number of rotatable bonds is 4. The highest BCUT2D eigenvalue weighted by Gasteiger charge is 2.32. The Morgan fingerprint density at radius 1 is 1.14 bits per heavy atom. The highest BCUT2D eigenvalue weighted by molar-refractivity contribution is 9.10. The fraction of sp³-hybridized carbons (Fsp3) is 0.100. The zero-order chi connectivity index (χ0) is 20.5. The van der Waals surface area contributed by atoms with Crippen LogP contribution in [-0.2, 0) is 4.79 Å². The number of para-hydroxylation sites is 1. The highest BCUT2D eigenvalue weighted by atomic mass is 79.9. The van der Waals surface area contributed by atoms with Crippen molar-refractivity contribution in [2.45, 2.75) is 0 Å². The summed E-state index contributed by atoms with van der Waals surface area (Å²) in [6.45, 7) is 0. The second kappa shape index (κ2) is 7.84. The van der Waals surface area contributed by atoms with Crippen molar-refractivity contribution in [3.05, 3.63) is 57.7 Å². The Morgan fingerprint density at radius 3 is 2.66 bits per heavy atom. The van der Waals surface area contributed by atoms with Crippen LogP contribution in [0.25, 0.3) is 17.0 Å². The number of amides is 2. The van der Waals surface area contributed by atoms with Gasteiger partial charge in [0.2, 0.25) is 5.88 Å². The number of imide groups is 1. The number of benzene rings is 2. The van der Waals surface area contributed by atoms with Gasteiger partial charge in [0.05, 0.1) is 22.9 Å². The van der Waals surface area contributed by atoms with Gasteiger partial charge in [-0.25, -0.2) is 9.97 Å². The smallest absolute Gasteiger partial charge is 0.293 e. The van der Waals surface area contributed by atoms with Gasteiger partial charge < -0.3 is 9.47 Å². The van der Waals surface area contributed by atoms with Gasteiger partial charge in [0.25, 0.3) is 11.1 Å². The Balaban J connectivity index is 1.72. The van der Waals surface area contributed by atoms with Gasteiger partial charge in [-0.15, -0.1) is 0 Å². The molecule has 29 heavy (non-hydrogen) atoms. The number of ether oxygens (including phenoxy) is 2. The molecule has 1 aromatic heterocycles. The van der Waals surface area contributed by atoms with Crippen LogP contribution in [0.1, 0.15) is 5.56 Å². The lowest BCUT2D eigenvalue weighted by Gasteiger charge is -2.13. The molecule has 0 saturated carbocycles. The summed E-state index contributed by atoms with van der Waals surface area (Å²) >= 11 is 4.39. The number of halogens is 1. The summed E-state index contributed by atoms with van der Waals surface area (Å²) in [6.07, 6.45) is 3.08. The van der Waals surface area contributed by atoms with Crippen molar-refractivity contribution in [3.63, 3.8) is 0 Å². The molecular formula is C20H14BrN3O4S. The van der Waals surface area contributed by atoms with E-state index < -0.39 is 0 Å². The minimum absolute atomic E-state index is 0.306. The Morgan fingerprint density at radius 2 is 1.93 bits per heavy atom. The van der Waals surface area contributed by atoms with Gasteiger partial charge in [0, 0.05) is 11.5 Å². The van der Waals surface area contributed by atoms with Crippen LogP contribution < -0.4 is 9.47 Å². The maximum Gasteiger partial charge on any atom is 0.293 e. The van der Waals surface area contributed by atoms with Crippen LogP contribution in [-0.4, -0.2) is 40.2 Å². The molecule has 9 heteroatoms. The molecule has 1 aliphatic rings. The first-order valence-electron chi connectivity index (χ1n) is 8.44. The normalized spacial score (nSPS) is 15.4. The average molecular weight is 472 g/mol. The van der Waals surface area contributed by atoms with Gasteiger partial charge in [-0.2, -0.15) is 0 Å². The summed E-state index contributed by atoms with van der Waals surface area (Å²) in [5.74, 6) is 0.973. The zero-order valence-corrected chi connectivity index (χ0v) is 17.8. The SMILES string of the molecule is COc1cc(/C=C2\SC(=O)N(C)C2=O)c(Br)cc1Oc1ncnc2ccccc12. The molecule has 2 amide bonds. The number of methoxy groups -OCH3 is 1. The quantitative estimate of drug-likeness (QED) is 0.502. The van der Waals surface area contributed by atoms with Crippen LogP contribution in [0.3, 0.4) is 0 Å². The third-order valence-corrected chi connectivity index (χ3v) is 5.92. The molecular weight excluding hydrogens is 458 g/mol. The predicted molar refractivity (Wildman–Crippen MR) is 114 cm³/mol. The average Bonchev–Trinajstić information content (AvgIpc) is 2.97. The van der Waals surface area contributed by atoms with Crippen molar-refractivity contribution in [1.29, 1.82) is 0 Å². The Bertz CT molecular complexity index is 1180. The van der Waals surface area contributed by atoms with Crippen molar-refractivity contribution in [1.82, 2.24) is 14.9 Å². The molecule has 7 nitrogen and oxygen atoms in total. The van der Waals surface area contributed by atoms with E-state index in [0.29, 0.717) is 32.3 Å². The highest BCUT2D eigenvalue weighted by Crippen LogP contribution is 2.39. The summed E-state index contributed by atoms with van der Waals surface area (Å²) in [5.41, 5.74) is 1.45. The van der Waals surface area contributed by atoms with E-state index in [1.165, 1.54) is 20.5 Å². The van der Waals surface area contributed by atoms with Crippen LogP contribution in [0.2, 0.25) is 0 Å². The van der Waals surface area contributed by atoms with E-state index in [1.54, 1.807) is 18.2 Å². The van der Waals surface area contributed by atoms with E-state index in [4.69, 9.17) is 9.47 Å². The summed E-state index contributed by atoms with van der Waals surface area (Å²) in [7, 11) is 2.98. The number of hydrogen-bond acceptors (Lipinski definition) is 7. The zero-order valence-electron chi connectivity index (χ0n) is 15.4. The van der Waals surface area contributed by atoms with Crippen LogP contribution in [0.5, 0.6) is 17.4 Å². The fourth-order valence-corrected chi connectivity index (χ4v) is 4.01. The van der Waals surface area contributed by atoms with E-state index in [9.17, 15) is 9.59 Å². The molecule has 2 aromatic carbocycles. The number of nitrogens with zero attached hydrogens (tertiary/aromatic N) is 3. The monoisotopic (exact) mass is 471 g/mol. The molecule has 3 aromatic rings. The molecule has 0 unspecified atom stereocenters. The molecule has 0 aliphatic carbocycles. The number of likely N-dealkylation sites (N-methyl/N-ethyl adjacent to an activating group) is 1. The lowest BCUT2D eigenvalue weighted by Crippen LogP contribution is -2.22. The largest absolute Gasteiger partial charge is 0.493 e. The first kappa shape index (κ1) is 19.4. The maximum atomic E-state index is 12.1. The van der Waals surface area contributed by atoms with Gasteiger partial charge in [-0.1, -0.05) is 28.1 Å². The van der Waals surface area contributed by atoms with Crippen LogP contribution in [0.15, 0.2) is 52.1 Å². The topological polar surface area (TPSA) is 81.6 Å². The first-order valence-corrected chi connectivity index (χ1v) is 10.1. The van der Waals surface area contributed by atoms with Gasteiger partial charge >= 0.3 is 0 Å². The maximum absolute atomic E-state index is 12.1. The first-order chi connectivity index (χ1) is 14.0. The van der Waals surface area contributed by atoms with E-state index in [2.05, 4.69) is 25.9 Å². The van der Waals surface area contributed by atoms with Crippen molar-refractivity contribution >= 4 is 55.8 Å². The summed E-state index contributed by atoms with van der Waals surface area (Å²) < 4.78 is 12.2. The molecule has 1 saturated heterocycles. The molecule has 146 valence electrons. The standard InChI is InChI=1S/C20H14BrN3O4S/c1-24-19(25)17(29-20(24)26)8-11-7-15(27-2)16(9-13(11)21)28-18-12-5-3-4-6-14(12)22-10-23-18/h3-10H,1-2H3/b17-8-. The number of carbonyl (C=O) groups excluding carboxylic acids is 2. The number of thioether (sulfide) groups is 1. The lowest BCUT2D eigenvalue weighted by molar-refractivity contribution is -0.121. The molecule has 1 aliphatic heterocycles. The molecule has 0 bridgehead atoms. The minimum Gasteiger partial charge on any atom is -0.493 e. The van der Waals surface area contributed by atoms with Gasteiger partial charge in [0.1, 0.15) is 6.33 Å². The predicted octanol–water partition coefficient (Wildman–Crippen LogP) is 4.86. The van der Waals surface area contributed by atoms with Crippen molar-refractivity contribution in [2.75, 3.05) is 14.2 Å². The minimum atomic E-state index is -0.335. The van der Waals surface area contributed by atoms with Gasteiger partial charge in [-0.3, -0.25) is 14.5 Å². The number of fused-ring (bicyclic) bond motifs is 1. The summed E-state index contributed by atoms with van der Waals surface area (Å²) in [6, 6.07) is 11.0. The van der Waals surface area contributed by atoms with Crippen LogP contribution in [0.4, 0.5) is 4.79 Å². The van der Waals surface area contributed by atoms with Gasteiger partial charge in [-0.05, 0) is 47.7 Å². The Kier molecular flexibility index (Phi) is 5.25. The van der Waals surface area contributed by atoms with E-state index in [1.807, 2.05) is 24.3 Å². The molecule has 2 heterocycles. The van der Waals surface area contributed by atoms with Crippen LogP contribution >= 0.6 is 27.7 Å². The Labute approximate surface area is 178 Å². The second-order valence-electron chi connectivity index (χ2n) is 6.06. The van der Waals surface area contributed by atoms with E-state index in [0.717, 1.165) is 27.6 Å². The third-order valence-electron chi connectivity index (χ3n) is 4.27. The summed E-state index contributed by atoms with van der Waals surface area (Å²) in [4.78, 5) is 33.8. The van der Waals surface area contributed by atoms with Gasteiger partial charge in [0.15, 0.2) is 11.5 Å². The number of hydrogen-bond donors (Lipinski definition) is 0. The number of carbonyl (C=O) groups is 2. The molecule has 0 atom stereocenters.